The van der Waals surface area contributed by atoms with Crippen LogP contribution >= 0.6 is 0 Å². The van der Waals surface area contributed by atoms with E-state index in [1.54, 1.807) is 38.5 Å². The summed E-state index contributed by atoms with van der Waals surface area (Å²) in [6, 6.07) is 15.1. The highest BCUT2D eigenvalue weighted by molar-refractivity contribution is 5.91. The molecule has 2 aromatic carbocycles. The van der Waals surface area contributed by atoms with E-state index in [0.717, 1.165) is 36.4 Å². The lowest BCUT2D eigenvalue weighted by Crippen LogP contribution is -3.11. The number of methoxy groups -OCH3 is 2. The number of ether oxygens (including phenoxy) is 2. The molecule has 1 aliphatic rings. The zero-order valence-electron chi connectivity index (χ0n) is 15.6. The molecule has 1 fully saturated rings. The normalized spacial score (nSPS) is 18.6. The van der Waals surface area contributed by atoms with E-state index in [2.05, 4.69) is 11.4 Å². The third kappa shape index (κ3) is 4.39. The highest BCUT2D eigenvalue weighted by atomic mass is 16.5. The minimum atomic E-state index is -0.0560. The zero-order valence-corrected chi connectivity index (χ0v) is 15.6. The number of benzene rings is 2. The van der Waals surface area contributed by atoms with Gasteiger partial charge in [-0.2, -0.15) is 5.26 Å². The van der Waals surface area contributed by atoms with Gasteiger partial charge in [0.25, 0.3) is 5.91 Å². The molecule has 2 aromatic rings. The van der Waals surface area contributed by atoms with E-state index >= 15 is 0 Å². The lowest BCUT2D eigenvalue weighted by Gasteiger charge is -2.23. The number of anilines is 1. The number of likely N-dealkylation sites (tertiary alicyclic amines) is 1. The van der Waals surface area contributed by atoms with Crippen LogP contribution in [0, 0.1) is 11.3 Å². The van der Waals surface area contributed by atoms with Crippen LogP contribution in [0.5, 0.6) is 11.5 Å². The Hall–Kier alpha value is -3.04. The van der Waals surface area contributed by atoms with Crippen molar-refractivity contribution in [2.75, 3.05) is 32.6 Å². The number of nitrogens with one attached hydrogen (secondary N) is 2. The van der Waals surface area contributed by atoms with Gasteiger partial charge in [-0.25, -0.2) is 0 Å². The van der Waals surface area contributed by atoms with Crippen molar-refractivity contribution in [1.82, 2.24) is 0 Å². The number of amides is 1. The predicted octanol–water partition coefficient (Wildman–Crippen LogP) is 1.93. The number of hydrogen-bond donors (Lipinski definition) is 2. The predicted molar refractivity (Wildman–Crippen MR) is 102 cm³/mol. The molecule has 1 unspecified atom stereocenters. The van der Waals surface area contributed by atoms with Crippen LogP contribution in [0.4, 0.5) is 5.69 Å². The smallest absolute Gasteiger partial charge is 0.279 e. The Labute approximate surface area is 159 Å². The summed E-state index contributed by atoms with van der Waals surface area (Å²) in [6.07, 6.45) is 2.07. The molecule has 0 spiro atoms. The summed E-state index contributed by atoms with van der Waals surface area (Å²) in [7, 11) is 3.29. The fourth-order valence-electron chi connectivity index (χ4n) is 3.68. The number of rotatable bonds is 6. The molecule has 140 valence electrons. The van der Waals surface area contributed by atoms with Crippen molar-refractivity contribution in [3.8, 4) is 17.6 Å². The molecular weight excluding hydrogens is 342 g/mol. The van der Waals surface area contributed by atoms with Crippen LogP contribution in [-0.2, 0) is 4.79 Å². The van der Waals surface area contributed by atoms with E-state index in [0.29, 0.717) is 17.8 Å². The van der Waals surface area contributed by atoms with Crippen LogP contribution < -0.4 is 19.7 Å². The van der Waals surface area contributed by atoms with Gasteiger partial charge in [0, 0.05) is 24.6 Å². The molecule has 0 aliphatic carbocycles. The topological polar surface area (TPSA) is 75.8 Å². The Morgan fingerprint density at radius 3 is 2.85 bits per heavy atom. The average Bonchev–Trinajstić information content (AvgIpc) is 3.15. The molecule has 6 nitrogen and oxygen atoms in total. The Kier molecular flexibility index (Phi) is 5.94. The summed E-state index contributed by atoms with van der Waals surface area (Å²) in [5.74, 6) is 1.49. The maximum atomic E-state index is 12.5. The van der Waals surface area contributed by atoms with Gasteiger partial charge in [0.1, 0.15) is 17.5 Å². The molecule has 2 N–H and O–H groups in total. The minimum Gasteiger partial charge on any atom is -0.497 e. The van der Waals surface area contributed by atoms with Crippen molar-refractivity contribution in [3.05, 3.63) is 53.6 Å². The molecule has 3 rings (SSSR count). The van der Waals surface area contributed by atoms with Crippen LogP contribution in [0.1, 0.15) is 30.0 Å². The monoisotopic (exact) mass is 366 g/mol. The van der Waals surface area contributed by atoms with Gasteiger partial charge in [-0.3, -0.25) is 4.79 Å². The van der Waals surface area contributed by atoms with Gasteiger partial charge in [-0.15, -0.1) is 0 Å². The fraction of sp³-hybridized carbons (Fsp3) is 0.333. The summed E-state index contributed by atoms with van der Waals surface area (Å²) >= 11 is 0. The Morgan fingerprint density at radius 1 is 1.26 bits per heavy atom. The van der Waals surface area contributed by atoms with E-state index in [9.17, 15) is 4.79 Å². The third-order valence-corrected chi connectivity index (χ3v) is 4.96. The van der Waals surface area contributed by atoms with Gasteiger partial charge in [0.05, 0.1) is 38.0 Å². The summed E-state index contributed by atoms with van der Waals surface area (Å²) in [5.41, 5.74) is 2.28. The zero-order chi connectivity index (χ0) is 19.2. The second-order valence-electron chi connectivity index (χ2n) is 6.63. The van der Waals surface area contributed by atoms with Crippen LogP contribution in [-0.4, -0.2) is 33.2 Å². The number of nitriles is 1. The van der Waals surface area contributed by atoms with E-state index in [-0.39, 0.29) is 11.9 Å². The Balaban J connectivity index is 1.71. The van der Waals surface area contributed by atoms with Gasteiger partial charge in [0.2, 0.25) is 0 Å². The van der Waals surface area contributed by atoms with Gasteiger partial charge in [-0.1, -0.05) is 6.07 Å². The van der Waals surface area contributed by atoms with Crippen molar-refractivity contribution < 1.29 is 19.2 Å². The lowest BCUT2D eigenvalue weighted by molar-refractivity contribution is -0.910. The highest BCUT2D eigenvalue weighted by Gasteiger charge is 2.33. The second kappa shape index (κ2) is 8.56. The molecule has 1 saturated heterocycles. The number of nitrogens with zero attached hydrogens (tertiary/aromatic N) is 1. The summed E-state index contributed by atoms with van der Waals surface area (Å²) in [4.78, 5) is 13.7. The highest BCUT2D eigenvalue weighted by Crippen LogP contribution is 2.31. The first-order valence-electron chi connectivity index (χ1n) is 9.01. The standard InChI is InChI=1S/C21H23N3O3/c1-26-17-8-9-18(20(12-17)27-2)19-7-4-10-24(19)14-21(25)23-16-6-3-5-15(11-16)13-22/h3,5-6,8-9,11-12,19H,4,7,10,14H2,1-2H3,(H,23,25)/p+1/t19-/m1/s1. The van der Waals surface area contributed by atoms with Crippen molar-refractivity contribution in [1.29, 1.82) is 5.26 Å². The molecule has 0 saturated carbocycles. The van der Waals surface area contributed by atoms with Crippen LogP contribution in [0.25, 0.3) is 0 Å². The number of carbonyl (C=O) groups excluding carboxylic acids is 1. The molecule has 27 heavy (non-hydrogen) atoms. The quantitative estimate of drug-likeness (QED) is 0.819. The lowest BCUT2D eigenvalue weighted by atomic mass is 10.0. The molecular formula is C21H24N3O3+. The van der Waals surface area contributed by atoms with E-state index in [1.807, 2.05) is 18.2 Å². The van der Waals surface area contributed by atoms with Crippen molar-refractivity contribution in [3.63, 3.8) is 0 Å². The van der Waals surface area contributed by atoms with Crippen LogP contribution in [0.3, 0.4) is 0 Å². The van der Waals surface area contributed by atoms with Gasteiger partial charge < -0.3 is 19.7 Å². The van der Waals surface area contributed by atoms with Crippen LogP contribution in [0.2, 0.25) is 0 Å². The van der Waals surface area contributed by atoms with Gasteiger partial charge >= 0.3 is 0 Å². The number of carbonyl (C=O) groups is 1. The van der Waals surface area contributed by atoms with E-state index in [4.69, 9.17) is 14.7 Å². The molecule has 1 heterocycles. The van der Waals surface area contributed by atoms with Gasteiger partial charge in [0.15, 0.2) is 6.54 Å². The first-order chi connectivity index (χ1) is 13.1. The van der Waals surface area contributed by atoms with Crippen LogP contribution in [0.15, 0.2) is 42.5 Å². The van der Waals surface area contributed by atoms with E-state index < -0.39 is 0 Å². The third-order valence-electron chi connectivity index (χ3n) is 4.96. The molecule has 1 aliphatic heterocycles. The summed E-state index contributed by atoms with van der Waals surface area (Å²) in [6.45, 7) is 1.31. The Bertz CT molecular complexity index is 860. The first kappa shape index (κ1) is 18.7. The first-order valence-corrected chi connectivity index (χ1v) is 9.01. The molecule has 0 bridgehead atoms. The second-order valence-corrected chi connectivity index (χ2v) is 6.63. The van der Waals surface area contributed by atoms with Crippen molar-refractivity contribution in [2.45, 2.75) is 18.9 Å². The van der Waals surface area contributed by atoms with Gasteiger partial charge in [-0.05, 0) is 30.3 Å². The number of quaternary nitrogens is 1. The maximum absolute atomic E-state index is 12.5. The maximum Gasteiger partial charge on any atom is 0.279 e. The SMILES string of the molecule is COc1ccc([C@H]2CCC[NH+]2CC(=O)Nc2cccc(C#N)c2)c(OC)c1. The van der Waals surface area contributed by atoms with Crippen molar-refractivity contribution >= 4 is 11.6 Å². The Morgan fingerprint density at radius 2 is 2.11 bits per heavy atom. The van der Waals surface area contributed by atoms with E-state index in [1.165, 1.54) is 4.90 Å². The molecule has 2 atom stereocenters. The molecule has 0 radical (unpaired) electrons. The molecule has 0 aromatic heterocycles. The van der Waals surface area contributed by atoms with Crippen molar-refractivity contribution in [2.24, 2.45) is 0 Å². The number of hydrogen-bond acceptors (Lipinski definition) is 4. The summed E-state index contributed by atoms with van der Waals surface area (Å²) < 4.78 is 10.8. The average molecular weight is 366 g/mol. The minimum absolute atomic E-state index is 0.0560. The largest absolute Gasteiger partial charge is 0.497 e. The molecule has 1 amide bonds. The summed E-state index contributed by atoms with van der Waals surface area (Å²) in [5, 5.41) is 11.9. The fourth-order valence-corrected chi connectivity index (χ4v) is 3.68. The molecule has 6 heteroatoms.